The Morgan fingerprint density at radius 3 is 2.38 bits per heavy atom. The smallest absolute Gasteiger partial charge is 0.410 e. The van der Waals surface area contributed by atoms with Crippen molar-refractivity contribution in [1.29, 1.82) is 0 Å². The van der Waals surface area contributed by atoms with Crippen LogP contribution in [0.4, 0.5) is 14.9 Å². The Hall–Kier alpha value is -3.75. The number of piperazine rings is 1. The molecule has 0 saturated carbocycles. The first-order chi connectivity index (χ1) is 22.9. The average molecular weight is 700 g/mol. The van der Waals surface area contributed by atoms with Gasteiger partial charge in [0.05, 0.1) is 17.7 Å². The SMILES string of the molecule is COc1cc(CN2CCN(C)CC2)ccc1C1(N2CCC[C@@H]2OC(=O)N(C)C)C(=O)N(S(=O)(=O)c2ccc(F)cc2)c2ccc(Cl)cc21. The molecule has 3 aromatic carbocycles. The highest BCUT2D eigenvalue weighted by Gasteiger charge is 2.63. The molecule has 1 unspecified atom stereocenters. The van der Waals surface area contributed by atoms with Crippen molar-refractivity contribution >= 4 is 39.3 Å². The van der Waals surface area contributed by atoms with Crippen molar-refractivity contribution in [2.24, 2.45) is 0 Å². The minimum Gasteiger partial charge on any atom is -0.496 e. The van der Waals surface area contributed by atoms with E-state index in [4.69, 9.17) is 21.1 Å². The number of fused-ring (bicyclic) bond motifs is 1. The van der Waals surface area contributed by atoms with E-state index in [9.17, 15) is 17.6 Å². The van der Waals surface area contributed by atoms with E-state index in [1.165, 1.54) is 24.1 Å². The summed E-state index contributed by atoms with van der Waals surface area (Å²) in [7, 11) is 2.16. The third-order valence-electron chi connectivity index (χ3n) is 9.30. The van der Waals surface area contributed by atoms with E-state index >= 15 is 4.79 Å². The maximum Gasteiger partial charge on any atom is 0.410 e. The van der Waals surface area contributed by atoms with Crippen molar-refractivity contribution in [3.63, 3.8) is 0 Å². The molecule has 0 aromatic heterocycles. The maximum absolute atomic E-state index is 15.3. The molecule has 48 heavy (non-hydrogen) atoms. The highest BCUT2D eigenvalue weighted by molar-refractivity contribution is 7.93. The third-order valence-corrected chi connectivity index (χ3v) is 11.2. The summed E-state index contributed by atoms with van der Waals surface area (Å²) in [5.41, 5.74) is -0.116. The summed E-state index contributed by atoms with van der Waals surface area (Å²) < 4.78 is 55.2. The van der Waals surface area contributed by atoms with Gasteiger partial charge in [0.1, 0.15) is 11.6 Å². The second-order valence-electron chi connectivity index (χ2n) is 12.6. The molecule has 3 heterocycles. The lowest BCUT2D eigenvalue weighted by molar-refractivity contribution is -0.132. The normalized spacial score (nSPS) is 22.2. The van der Waals surface area contributed by atoms with Gasteiger partial charge in [0.2, 0.25) is 0 Å². The Morgan fingerprint density at radius 1 is 1.00 bits per heavy atom. The van der Waals surface area contributed by atoms with E-state index in [-0.39, 0.29) is 15.6 Å². The third kappa shape index (κ3) is 5.91. The minimum absolute atomic E-state index is 0.0851. The van der Waals surface area contributed by atoms with Crippen molar-refractivity contribution in [2.45, 2.75) is 36.0 Å². The molecule has 0 radical (unpaired) electrons. The van der Waals surface area contributed by atoms with Gasteiger partial charge in [0, 0.05) is 69.5 Å². The summed E-state index contributed by atoms with van der Waals surface area (Å²) in [5.74, 6) is -1.07. The van der Waals surface area contributed by atoms with Gasteiger partial charge in [-0.3, -0.25) is 9.69 Å². The highest BCUT2D eigenvalue weighted by Crippen LogP contribution is 2.55. The summed E-state index contributed by atoms with van der Waals surface area (Å²) in [5, 5.41) is 0.277. The summed E-state index contributed by atoms with van der Waals surface area (Å²) in [6.45, 7) is 4.65. The number of hydrogen-bond donors (Lipinski definition) is 0. The predicted octanol–water partition coefficient (Wildman–Crippen LogP) is 4.33. The van der Waals surface area contributed by atoms with Crippen LogP contribution in [0.15, 0.2) is 65.6 Å². The fourth-order valence-corrected chi connectivity index (χ4v) is 8.48. The van der Waals surface area contributed by atoms with Gasteiger partial charge in [0.25, 0.3) is 15.9 Å². The van der Waals surface area contributed by atoms with Crippen LogP contribution in [-0.2, 0) is 31.6 Å². The molecule has 14 heteroatoms. The lowest BCUT2D eigenvalue weighted by Gasteiger charge is -2.41. The molecule has 256 valence electrons. The molecule has 3 aromatic rings. The number of carbonyl (C=O) groups excluding carboxylic acids is 2. The van der Waals surface area contributed by atoms with Gasteiger partial charge >= 0.3 is 6.09 Å². The number of sulfonamides is 1. The lowest BCUT2D eigenvalue weighted by Crippen LogP contribution is -2.57. The summed E-state index contributed by atoms with van der Waals surface area (Å²) in [6, 6.07) is 14.5. The standard InChI is InChI=1S/C34H39ClFN5O6S/c1-37(2)33(43)47-31-6-5-15-40(31)34(27-13-7-23(20-30(27)46-4)22-39-18-16-38(3)17-19-39)28-21-24(35)8-14-29(28)41(32(34)42)48(44,45)26-11-9-25(36)10-12-26/h7-14,20-21,31H,5-6,15-19,22H2,1-4H3/t31-,34?/m0/s1. The van der Waals surface area contributed by atoms with Crippen LogP contribution >= 0.6 is 11.6 Å². The molecule has 2 amide bonds. The number of methoxy groups -OCH3 is 1. The number of anilines is 1. The quantitative estimate of drug-likeness (QED) is 0.340. The fourth-order valence-electron chi connectivity index (χ4n) is 6.85. The molecular formula is C34H39ClFN5O6S. The number of likely N-dealkylation sites (tertiary alicyclic amines) is 1. The van der Waals surface area contributed by atoms with Gasteiger partial charge in [-0.1, -0.05) is 23.7 Å². The van der Waals surface area contributed by atoms with Gasteiger partial charge in [-0.25, -0.2) is 26.8 Å². The number of amides is 2. The Kier molecular flexibility index (Phi) is 9.44. The molecule has 2 fully saturated rings. The lowest BCUT2D eigenvalue weighted by atomic mass is 9.81. The largest absolute Gasteiger partial charge is 0.496 e. The van der Waals surface area contributed by atoms with E-state index in [0.717, 1.165) is 60.3 Å². The van der Waals surface area contributed by atoms with E-state index in [2.05, 4.69) is 16.8 Å². The van der Waals surface area contributed by atoms with Gasteiger partial charge in [-0.05, 0) is 74.0 Å². The van der Waals surface area contributed by atoms with Crippen LogP contribution in [0.2, 0.25) is 5.02 Å². The molecule has 0 bridgehead atoms. The zero-order valence-electron chi connectivity index (χ0n) is 27.4. The number of ether oxygens (including phenoxy) is 2. The van der Waals surface area contributed by atoms with Crippen molar-refractivity contribution in [2.75, 3.05) is 65.3 Å². The molecule has 0 N–H and O–H groups in total. The molecule has 0 spiro atoms. The van der Waals surface area contributed by atoms with E-state index in [0.29, 0.717) is 42.8 Å². The first-order valence-electron chi connectivity index (χ1n) is 15.8. The molecule has 3 aliphatic rings. The first-order valence-corrected chi connectivity index (χ1v) is 17.6. The summed E-state index contributed by atoms with van der Waals surface area (Å²) >= 11 is 6.60. The highest BCUT2D eigenvalue weighted by atomic mass is 35.5. The van der Waals surface area contributed by atoms with E-state index < -0.39 is 39.6 Å². The summed E-state index contributed by atoms with van der Waals surface area (Å²) in [6.07, 6.45) is -0.535. The van der Waals surface area contributed by atoms with E-state index in [1.54, 1.807) is 31.1 Å². The molecular weight excluding hydrogens is 661 g/mol. The number of rotatable bonds is 8. The number of hydrogen-bond acceptors (Lipinski definition) is 9. The summed E-state index contributed by atoms with van der Waals surface area (Å²) in [4.78, 5) is 35.6. The van der Waals surface area contributed by atoms with Crippen LogP contribution in [0.3, 0.4) is 0 Å². The van der Waals surface area contributed by atoms with Crippen LogP contribution in [-0.4, -0.2) is 107 Å². The molecule has 2 saturated heterocycles. The van der Waals surface area contributed by atoms with Crippen molar-refractivity contribution < 1.29 is 31.9 Å². The Bertz CT molecular complexity index is 1820. The van der Waals surface area contributed by atoms with Crippen LogP contribution < -0.4 is 9.04 Å². The Morgan fingerprint density at radius 2 is 1.71 bits per heavy atom. The van der Waals surface area contributed by atoms with Crippen molar-refractivity contribution in [1.82, 2.24) is 19.6 Å². The zero-order valence-corrected chi connectivity index (χ0v) is 28.9. The second kappa shape index (κ2) is 13.3. The van der Waals surface area contributed by atoms with Gasteiger partial charge in [0.15, 0.2) is 11.8 Å². The Labute approximate surface area is 285 Å². The maximum atomic E-state index is 15.3. The zero-order chi connectivity index (χ0) is 34.4. The second-order valence-corrected chi connectivity index (χ2v) is 14.8. The topological polar surface area (TPSA) is 103 Å². The Balaban J connectivity index is 1.56. The first kappa shape index (κ1) is 34.1. The van der Waals surface area contributed by atoms with Gasteiger partial charge < -0.3 is 19.3 Å². The van der Waals surface area contributed by atoms with Crippen molar-refractivity contribution in [3.05, 3.63) is 88.2 Å². The van der Waals surface area contributed by atoms with Crippen LogP contribution in [0.1, 0.15) is 29.5 Å². The number of carbonyl (C=O) groups is 2. The molecule has 2 atom stereocenters. The average Bonchev–Trinajstić information content (AvgIpc) is 3.62. The van der Waals surface area contributed by atoms with Gasteiger partial charge in [-0.2, -0.15) is 0 Å². The number of nitrogens with zero attached hydrogens (tertiary/aromatic N) is 5. The molecule has 0 aliphatic carbocycles. The van der Waals surface area contributed by atoms with Crippen LogP contribution in [0.5, 0.6) is 5.75 Å². The minimum atomic E-state index is -4.56. The number of likely N-dealkylation sites (N-methyl/N-ethyl adjacent to an activating group) is 1. The molecule has 11 nitrogen and oxygen atoms in total. The van der Waals surface area contributed by atoms with Gasteiger partial charge in [-0.15, -0.1) is 0 Å². The predicted molar refractivity (Wildman–Crippen MR) is 179 cm³/mol. The molecule has 3 aliphatic heterocycles. The molecule has 6 rings (SSSR count). The van der Waals surface area contributed by atoms with Crippen LogP contribution in [0.25, 0.3) is 0 Å². The van der Waals surface area contributed by atoms with E-state index in [1.807, 2.05) is 12.1 Å². The van der Waals surface area contributed by atoms with Crippen molar-refractivity contribution in [3.8, 4) is 5.75 Å². The van der Waals surface area contributed by atoms with Crippen LogP contribution in [0, 0.1) is 5.82 Å². The fraction of sp³-hybridized carbons (Fsp3) is 0.412. The monoisotopic (exact) mass is 699 g/mol. The number of benzene rings is 3. The number of halogens is 2.